The largest absolute Gasteiger partial charge is 0.444 e. The van der Waals surface area contributed by atoms with Crippen LogP contribution in [0.3, 0.4) is 0 Å². The summed E-state index contributed by atoms with van der Waals surface area (Å²) in [6.07, 6.45) is 0.665. The zero-order valence-corrected chi connectivity index (χ0v) is 14.6. The highest BCUT2D eigenvalue weighted by atomic mass is 32.1. The van der Waals surface area contributed by atoms with E-state index in [-0.39, 0.29) is 6.09 Å². The maximum Gasteiger partial charge on any atom is 0.412 e. The highest BCUT2D eigenvalue weighted by molar-refractivity contribution is 7.10. The van der Waals surface area contributed by atoms with Crippen molar-refractivity contribution in [3.63, 3.8) is 0 Å². The molecule has 1 heterocycles. The van der Waals surface area contributed by atoms with Crippen LogP contribution in [0.25, 0.3) is 0 Å². The molecule has 1 amide bonds. The van der Waals surface area contributed by atoms with Gasteiger partial charge in [0, 0.05) is 13.0 Å². The van der Waals surface area contributed by atoms with E-state index < -0.39 is 13.7 Å². The number of nitrogens with one attached hydrogen (secondary N) is 1. The third-order valence-electron chi connectivity index (χ3n) is 2.48. The lowest BCUT2D eigenvalue weighted by Crippen LogP contribution is -2.27. The van der Waals surface area contributed by atoms with Gasteiger partial charge in [-0.3, -0.25) is 5.32 Å². The van der Waals surface area contributed by atoms with Crippen LogP contribution in [0.5, 0.6) is 0 Å². The molecule has 0 fully saturated rings. The second kappa shape index (κ2) is 6.09. The third-order valence-corrected chi connectivity index (χ3v) is 5.21. The van der Waals surface area contributed by atoms with Gasteiger partial charge in [-0.05, 0) is 38.6 Å². The average molecular weight is 300 g/mol. The van der Waals surface area contributed by atoms with Gasteiger partial charge >= 0.3 is 6.09 Å². The summed E-state index contributed by atoms with van der Waals surface area (Å²) in [7, 11) is -1.05. The Labute approximate surface area is 121 Å². The van der Waals surface area contributed by atoms with Crippen LogP contribution >= 0.6 is 11.3 Å². The summed E-state index contributed by atoms with van der Waals surface area (Å²) in [5.74, 6) is 0. The van der Waals surface area contributed by atoms with E-state index in [1.165, 1.54) is 10.9 Å². The number of hydrogen-bond donors (Lipinski definition) is 1. The first-order chi connectivity index (χ1) is 8.57. The summed E-state index contributed by atoms with van der Waals surface area (Å²) >= 11 is 1.70. The molecule has 0 aliphatic heterocycles. The van der Waals surface area contributed by atoms with Gasteiger partial charge in [0.1, 0.15) is 5.60 Å². The first kappa shape index (κ1) is 16.2. The minimum atomic E-state index is -1.05. The Balaban J connectivity index is 2.60. The first-order valence-corrected chi connectivity index (χ1v) is 11.2. The van der Waals surface area contributed by atoms with Crippen molar-refractivity contribution in [2.45, 2.75) is 58.5 Å². The molecule has 19 heavy (non-hydrogen) atoms. The minimum Gasteiger partial charge on any atom is -0.444 e. The van der Waals surface area contributed by atoms with Crippen molar-refractivity contribution in [1.82, 2.24) is 0 Å². The smallest absolute Gasteiger partial charge is 0.412 e. The zero-order chi connectivity index (χ0) is 14.7. The summed E-state index contributed by atoms with van der Waals surface area (Å²) in [6.45, 7) is 12.7. The number of hydrogen-bond acceptors (Lipinski definition) is 3. The Bertz CT molecular complexity index is 429. The van der Waals surface area contributed by atoms with E-state index in [0.29, 0.717) is 0 Å². The number of thiophene rings is 1. The molecule has 5 heteroatoms. The predicted molar refractivity (Wildman–Crippen MR) is 86.0 cm³/mol. The number of rotatable bonds is 4. The molecule has 0 unspecified atom stereocenters. The molecule has 0 saturated heterocycles. The van der Waals surface area contributed by atoms with Crippen molar-refractivity contribution in [3.05, 3.63) is 16.3 Å². The molecule has 1 aromatic rings. The molecule has 0 spiro atoms. The number of carbonyl (C=O) groups excluding carboxylic acids is 1. The number of anilines is 1. The Morgan fingerprint density at radius 2 is 2.00 bits per heavy atom. The van der Waals surface area contributed by atoms with E-state index in [1.807, 2.05) is 32.2 Å². The minimum absolute atomic E-state index is 0.375. The molecule has 1 N–H and O–H groups in total. The lowest BCUT2D eigenvalue weighted by Gasteiger charge is -2.20. The van der Waals surface area contributed by atoms with Gasteiger partial charge in [-0.2, -0.15) is 0 Å². The van der Waals surface area contributed by atoms with Gasteiger partial charge in [0.05, 0.1) is 5.69 Å². The summed E-state index contributed by atoms with van der Waals surface area (Å²) in [6, 6.07) is 3.19. The van der Waals surface area contributed by atoms with Gasteiger partial charge in [0.2, 0.25) is 0 Å². The van der Waals surface area contributed by atoms with E-state index in [9.17, 15) is 4.79 Å². The number of amides is 1. The van der Waals surface area contributed by atoms with Crippen molar-refractivity contribution in [2.75, 3.05) is 5.32 Å². The van der Waals surface area contributed by atoms with E-state index in [1.54, 1.807) is 11.3 Å². The molecule has 0 radical (unpaired) electrons. The topological polar surface area (TPSA) is 38.3 Å². The molecule has 3 nitrogen and oxygen atoms in total. The number of carbonyl (C=O) groups is 1. The Kier molecular flexibility index (Phi) is 5.21. The van der Waals surface area contributed by atoms with E-state index in [4.69, 9.17) is 4.74 Å². The fraction of sp³-hybridized carbons (Fsp3) is 0.643. The highest BCUT2D eigenvalue weighted by Crippen LogP contribution is 2.26. The third kappa shape index (κ3) is 6.78. The maximum atomic E-state index is 11.8. The fourth-order valence-electron chi connectivity index (χ4n) is 1.55. The van der Waals surface area contributed by atoms with Crippen molar-refractivity contribution < 1.29 is 9.53 Å². The maximum absolute atomic E-state index is 11.8. The van der Waals surface area contributed by atoms with Gasteiger partial charge in [-0.1, -0.05) is 25.7 Å². The van der Waals surface area contributed by atoms with Crippen LogP contribution in [-0.2, 0) is 11.2 Å². The van der Waals surface area contributed by atoms with Crippen LogP contribution in [0.2, 0.25) is 25.7 Å². The number of aryl methyl sites for hydroxylation is 1. The van der Waals surface area contributed by atoms with Gasteiger partial charge in [0.25, 0.3) is 0 Å². The van der Waals surface area contributed by atoms with Crippen molar-refractivity contribution in [1.29, 1.82) is 0 Å². The van der Waals surface area contributed by atoms with Gasteiger partial charge in [-0.15, -0.1) is 11.3 Å². The molecular weight excluding hydrogens is 274 g/mol. The zero-order valence-electron chi connectivity index (χ0n) is 12.8. The highest BCUT2D eigenvalue weighted by Gasteiger charge is 2.19. The van der Waals surface area contributed by atoms with Crippen LogP contribution in [0.15, 0.2) is 11.4 Å². The molecule has 0 aliphatic carbocycles. The molecule has 0 aromatic carbocycles. The molecule has 1 rings (SSSR count). The van der Waals surface area contributed by atoms with Crippen LogP contribution in [-0.4, -0.2) is 19.8 Å². The number of ether oxygens (including phenoxy) is 1. The van der Waals surface area contributed by atoms with Gasteiger partial charge < -0.3 is 4.74 Å². The summed E-state index contributed by atoms with van der Waals surface area (Å²) in [4.78, 5) is 13.0. The van der Waals surface area contributed by atoms with E-state index in [0.717, 1.165) is 12.1 Å². The Morgan fingerprint density at radius 3 is 2.53 bits per heavy atom. The van der Waals surface area contributed by atoms with Crippen LogP contribution in [0.1, 0.15) is 25.6 Å². The monoisotopic (exact) mass is 299 g/mol. The van der Waals surface area contributed by atoms with Crippen LogP contribution in [0, 0.1) is 0 Å². The molecule has 0 bridgehead atoms. The first-order valence-electron chi connectivity index (χ1n) is 6.63. The van der Waals surface area contributed by atoms with E-state index in [2.05, 4.69) is 25.0 Å². The SMILES string of the molecule is CC(C)(C)OC(=O)Nc1ccsc1CC[Si](C)(C)C. The lowest BCUT2D eigenvalue weighted by atomic mass is 10.2. The quantitative estimate of drug-likeness (QED) is 0.797. The molecular formula is C14H25NO2SSi. The molecule has 0 atom stereocenters. The van der Waals surface area contributed by atoms with Crippen molar-refractivity contribution in [2.24, 2.45) is 0 Å². The molecule has 0 saturated carbocycles. The van der Waals surface area contributed by atoms with Gasteiger partial charge in [0.15, 0.2) is 0 Å². The Morgan fingerprint density at radius 1 is 1.37 bits per heavy atom. The summed E-state index contributed by atoms with van der Waals surface area (Å²) in [5.41, 5.74) is 0.441. The van der Waals surface area contributed by atoms with Gasteiger partial charge in [-0.25, -0.2) is 4.79 Å². The lowest BCUT2D eigenvalue weighted by molar-refractivity contribution is 0.0636. The van der Waals surface area contributed by atoms with Crippen molar-refractivity contribution in [3.8, 4) is 0 Å². The summed E-state index contributed by atoms with van der Waals surface area (Å²) in [5, 5.41) is 4.87. The fourth-order valence-corrected chi connectivity index (χ4v) is 3.56. The average Bonchev–Trinajstić information content (AvgIpc) is 2.57. The normalized spacial score (nSPS) is 12.3. The predicted octanol–water partition coefficient (Wildman–Crippen LogP) is 4.98. The molecule has 0 aliphatic rings. The van der Waals surface area contributed by atoms with Crippen LogP contribution in [0.4, 0.5) is 10.5 Å². The standard InChI is InChI=1S/C14H25NO2SSi/c1-14(2,3)17-13(16)15-11-7-9-18-12(11)8-10-19(4,5)6/h7,9H,8,10H2,1-6H3,(H,15,16). The molecule has 1 aromatic heterocycles. The second-order valence-corrected chi connectivity index (χ2v) is 13.6. The Hall–Kier alpha value is -0.813. The molecule has 108 valence electrons. The van der Waals surface area contributed by atoms with Crippen molar-refractivity contribution >= 4 is 31.2 Å². The summed E-state index contributed by atoms with van der Waals surface area (Å²) < 4.78 is 5.27. The van der Waals surface area contributed by atoms with E-state index >= 15 is 0 Å². The van der Waals surface area contributed by atoms with Crippen LogP contribution < -0.4 is 5.32 Å². The second-order valence-electron chi connectivity index (χ2n) is 6.95.